The summed E-state index contributed by atoms with van der Waals surface area (Å²) in [7, 11) is 14.8. The van der Waals surface area contributed by atoms with E-state index in [-0.39, 0.29) is 35.6 Å². The van der Waals surface area contributed by atoms with Crippen LogP contribution in [0.1, 0.15) is 0 Å². The van der Waals surface area contributed by atoms with Crippen molar-refractivity contribution in [2.24, 2.45) is 0 Å². The molecule has 5 heavy (non-hydrogen) atoms. The fourth-order valence-corrected chi connectivity index (χ4v) is 0. The molecule has 0 aliphatic carbocycles. The SMILES string of the molecule is [Cl][Al]([Cl])[Cl].[La]. The van der Waals surface area contributed by atoms with Gasteiger partial charge in [-0.1, -0.05) is 0 Å². The average molecular weight is 272 g/mol. The predicted octanol–water partition coefficient (Wildman–Crippen LogP) is 1.69. The molecule has 0 nitrogen and oxygen atoms in total. The Labute approximate surface area is 75.8 Å². The quantitative estimate of drug-likeness (QED) is 0.589. The number of hydrogen-bond acceptors (Lipinski definition) is 0. The zero-order valence-corrected chi connectivity index (χ0v) is 9.34. The second kappa shape index (κ2) is 6.60. The Morgan fingerprint density at radius 3 is 1.00 bits per heavy atom. The van der Waals surface area contributed by atoms with Crippen LogP contribution >= 0.6 is 30.1 Å². The zero-order valence-electron chi connectivity index (χ0n) is 2.29. The molecule has 0 saturated heterocycles. The van der Waals surface area contributed by atoms with Crippen molar-refractivity contribution in [2.75, 3.05) is 0 Å². The van der Waals surface area contributed by atoms with E-state index in [0.717, 1.165) is 0 Å². The standard InChI is InChI=1S/Al.3ClH.La/h;3*1H;/q+3;;;;/p-3. The molecular formula is AlCl3La. The first kappa shape index (κ1) is 10.6. The van der Waals surface area contributed by atoms with Gasteiger partial charge in [0.25, 0.3) is 0 Å². The molecule has 0 atom stereocenters. The number of halogens is 3. The van der Waals surface area contributed by atoms with Gasteiger partial charge in [0.1, 0.15) is 0 Å². The van der Waals surface area contributed by atoms with E-state index in [0.29, 0.717) is 0 Å². The summed E-state index contributed by atoms with van der Waals surface area (Å²) >= 11 is -1.72. The van der Waals surface area contributed by atoms with E-state index in [1.54, 1.807) is 0 Å². The van der Waals surface area contributed by atoms with Crippen molar-refractivity contribution in [3.63, 3.8) is 0 Å². The number of rotatable bonds is 0. The van der Waals surface area contributed by atoms with E-state index in [9.17, 15) is 0 Å². The Morgan fingerprint density at radius 1 is 1.00 bits per heavy atom. The first-order valence-electron chi connectivity index (χ1n) is 0.655. The Bertz CT molecular complexity index is 11.6. The van der Waals surface area contributed by atoms with Crippen LogP contribution in [0.3, 0.4) is 0 Å². The molecule has 0 aromatic rings. The Hall–Kier alpha value is 2.60. The van der Waals surface area contributed by atoms with Gasteiger partial charge in [-0.25, -0.2) is 30.1 Å². The molecule has 0 aromatic heterocycles. The van der Waals surface area contributed by atoms with Crippen LogP contribution in [0.5, 0.6) is 0 Å². The molecule has 0 unspecified atom stereocenters. The van der Waals surface area contributed by atoms with Gasteiger partial charge >= 0.3 is 11.4 Å². The molecule has 0 saturated carbocycles. The van der Waals surface area contributed by atoms with Crippen LogP contribution in [0.4, 0.5) is 0 Å². The van der Waals surface area contributed by atoms with Gasteiger partial charge in [0.15, 0.2) is 0 Å². The fraction of sp³-hybridized carbons (Fsp3) is 0. The topological polar surface area (TPSA) is 0 Å². The maximum absolute atomic E-state index is 4.94. The van der Waals surface area contributed by atoms with Crippen LogP contribution in [0, 0.1) is 35.6 Å². The molecule has 0 rings (SSSR count). The van der Waals surface area contributed by atoms with Crippen LogP contribution in [0.2, 0.25) is 0 Å². The summed E-state index contributed by atoms with van der Waals surface area (Å²) in [5.41, 5.74) is 0. The Morgan fingerprint density at radius 2 is 1.00 bits per heavy atom. The third-order valence-electron chi connectivity index (χ3n) is 0. The Balaban J connectivity index is 0. The van der Waals surface area contributed by atoms with Crippen molar-refractivity contribution < 1.29 is 35.6 Å². The molecule has 0 N–H and O–H groups in total. The van der Waals surface area contributed by atoms with E-state index in [4.69, 9.17) is 30.1 Å². The fourth-order valence-electron chi connectivity index (χ4n) is 0. The summed E-state index contributed by atoms with van der Waals surface area (Å²) in [5, 5.41) is 0. The van der Waals surface area contributed by atoms with Crippen molar-refractivity contribution in [1.82, 2.24) is 0 Å². The molecular weight excluding hydrogens is 272 g/mol. The maximum atomic E-state index is 4.94. The summed E-state index contributed by atoms with van der Waals surface area (Å²) in [6, 6.07) is 0. The summed E-state index contributed by atoms with van der Waals surface area (Å²) < 4.78 is 0. The molecule has 1 radical (unpaired) electrons. The van der Waals surface area contributed by atoms with Gasteiger partial charge in [0.05, 0.1) is 0 Å². The minimum Gasteiger partial charge on any atom is -0.214 e. The third-order valence-corrected chi connectivity index (χ3v) is 0. The van der Waals surface area contributed by atoms with Gasteiger partial charge in [-0.05, 0) is 0 Å². The molecule has 27 valence electrons. The van der Waals surface area contributed by atoms with Crippen LogP contribution in [0.15, 0.2) is 0 Å². The van der Waals surface area contributed by atoms with Crippen LogP contribution in [-0.2, 0) is 0 Å². The smallest absolute Gasteiger partial charge is 0.214 e. The molecule has 0 spiro atoms. The van der Waals surface area contributed by atoms with Crippen LogP contribution < -0.4 is 0 Å². The molecule has 0 fully saturated rings. The van der Waals surface area contributed by atoms with E-state index >= 15 is 0 Å². The molecule has 5 heteroatoms. The molecule has 0 aliphatic rings. The number of hydrogen-bond donors (Lipinski definition) is 0. The first-order valence-corrected chi connectivity index (χ1v) is 5.89. The summed E-state index contributed by atoms with van der Waals surface area (Å²) in [6.45, 7) is 0. The van der Waals surface area contributed by atoms with Gasteiger partial charge in [-0.15, -0.1) is 0 Å². The van der Waals surface area contributed by atoms with E-state index in [2.05, 4.69) is 0 Å². The van der Waals surface area contributed by atoms with Gasteiger partial charge < -0.3 is 0 Å². The third kappa shape index (κ3) is 20.7. The minimum absolute atomic E-state index is 0. The van der Waals surface area contributed by atoms with Crippen LogP contribution in [0.25, 0.3) is 0 Å². The molecule has 0 amide bonds. The summed E-state index contributed by atoms with van der Waals surface area (Å²) in [5.74, 6) is 0. The van der Waals surface area contributed by atoms with Gasteiger partial charge in [-0.2, -0.15) is 0 Å². The van der Waals surface area contributed by atoms with Crippen molar-refractivity contribution in [2.45, 2.75) is 0 Å². The maximum Gasteiger partial charge on any atom is 0.643 e. The Kier molecular flexibility index (Phi) is 13.9. The zero-order chi connectivity index (χ0) is 3.58. The average Bonchev–Trinajstić information content (AvgIpc) is 0.811. The molecule has 0 heterocycles. The van der Waals surface area contributed by atoms with Crippen molar-refractivity contribution >= 4 is 41.5 Å². The van der Waals surface area contributed by atoms with E-state index in [1.807, 2.05) is 0 Å². The van der Waals surface area contributed by atoms with Gasteiger partial charge in [0, 0.05) is 35.6 Å². The van der Waals surface area contributed by atoms with E-state index in [1.165, 1.54) is 0 Å². The molecule has 0 aromatic carbocycles. The summed E-state index contributed by atoms with van der Waals surface area (Å²) in [6.07, 6.45) is 0. The molecule has 0 bridgehead atoms. The minimum atomic E-state index is -1.72. The normalized spacial score (nSPS) is 5.40. The largest absolute Gasteiger partial charge is 0.643 e. The first-order chi connectivity index (χ1) is 1.73. The second-order valence-electron chi connectivity index (χ2n) is 0.247. The second-order valence-corrected chi connectivity index (χ2v) is 6.68. The van der Waals surface area contributed by atoms with E-state index < -0.39 is 11.4 Å². The van der Waals surface area contributed by atoms with Crippen molar-refractivity contribution in [1.29, 1.82) is 0 Å². The summed E-state index contributed by atoms with van der Waals surface area (Å²) in [4.78, 5) is 0. The van der Waals surface area contributed by atoms with Crippen LogP contribution in [-0.4, -0.2) is 11.4 Å². The van der Waals surface area contributed by atoms with Gasteiger partial charge in [0.2, 0.25) is 0 Å². The van der Waals surface area contributed by atoms with Gasteiger partial charge in [-0.3, -0.25) is 0 Å². The van der Waals surface area contributed by atoms with Crippen molar-refractivity contribution in [3.8, 4) is 0 Å². The molecule has 0 aliphatic heterocycles. The van der Waals surface area contributed by atoms with Crippen molar-refractivity contribution in [3.05, 3.63) is 0 Å². The monoisotopic (exact) mass is 271 g/mol. The predicted molar refractivity (Wildman–Crippen MR) is 23.3 cm³/mol.